The van der Waals surface area contributed by atoms with E-state index in [0.29, 0.717) is 0 Å². The predicted molar refractivity (Wildman–Crippen MR) is 198 cm³/mol. The Morgan fingerprint density at radius 2 is 0.915 bits per heavy atom. The van der Waals surface area contributed by atoms with Crippen LogP contribution in [0.1, 0.15) is 0 Å². The first kappa shape index (κ1) is 26.0. The summed E-state index contributed by atoms with van der Waals surface area (Å²) in [6, 6.07) is 60.9. The molecule has 0 amide bonds. The van der Waals surface area contributed by atoms with Crippen LogP contribution in [0, 0.1) is 0 Å². The number of fused-ring (bicyclic) bond motifs is 9. The van der Waals surface area contributed by atoms with Crippen molar-refractivity contribution in [2.45, 2.75) is 0 Å². The smallest absolute Gasteiger partial charge is 0.135 e. The van der Waals surface area contributed by atoms with E-state index in [1.54, 1.807) is 0 Å². The van der Waals surface area contributed by atoms with Crippen LogP contribution in [0.3, 0.4) is 0 Å². The molecule has 0 aliphatic carbocycles. The lowest BCUT2D eigenvalue weighted by Gasteiger charge is -2.26. The Balaban J connectivity index is 1.25. The van der Waals surface area contributed by atoms with Crippen LogP contribution in [0.5, 0.6) is 0 Å². The van der Waals surface area contributed by atoms with Gasteiger partial charge in [-0.15, -0.1) is 0 Å². The maximum atomic E-state index is 6.23. The van der Waals surface area contributed by atoms with Crippen molar-refractivity contribution in [1.82, 2.24) is 4.57 Å². The van der Waals surface area contributed by atoms with Gasteiger partial charge in [0, 0.05) is 44.3 Å². The molecule has 0 saturated heterocycles. The highest BCUT2D eigenvalue weighted by Crippen LogP contribution is 2.43. The molecular formula is C44H28N2O. The summed E-state index contributed by atoms with van der Waals surface area (Å²) in [5, 5.41) is 9.63. The van der Waals surface area contributed by atoms with Gasteiger partial charge in [-0.3, -0.25) is 0 Å². The van der Waals surface area contributed by atoms with Crippen molar-refractivity contribution in [3.8, 4) is 5.69 Å². The zero-order chi connectivity index (χ0) is 30.9. The summed E-state index contributed by atoms with van der Waals surface area (Å²) in [5.41, 5.74) is 8.60. The van der Waals surface area contributed by atoms with Crippen LogP contribution in [-0.4, -0.2) is 4.57 Å². The molecule has 0 bridgehead atoms. The molecule has 0 spiro atoms. The average molecular weight is 601 g/mol. The van der Waals surface area contributed by atoms with E-state index < -0.39 is 0 Å². The quantitative estimate of drug-likeness (QED) is 0.187. The summed E-state index contributed by atoms with van der Waals surface area (Å²) in [6.07, 6.45) is 0. The first-order valence-electron chi connectivity index (χ1n) is 16.0. The van der Waals surface area contributed by atoms with Gasteiger partial charge in [0.25, 0.3) is 0 Å². The minimum atomic E-state index is 0.890. The second-order valence-electron chi connectivity index (χ2n) is 12.2. The van der Waals surface area contributed by atoms with E-state index in [1.807, 2.05) is 12.1 Å². The summed E-state index contributed by atoms with van der Waals surface area (Å²) >= 11 is 0. The number of benzene rings is 8. The van der Waals surface area contributed by atoms with Gasteiger partial charge in [-0.1, -0.05) is 97.1 Å². The monoisotopic (exact) mass is 600 g/mol. The van der Waals surface area contributed by atoms with Crippen LogP contribution in [0.4, 0.5) is 17.1 Å². The Morgan fingerprint density at radius 3 is 1.77 bits per heavy atom. The Kier molecular flexibility index (Phi) is 5.57. The van der Waals surface area contributed by atoms with Gasteiger partial charge in [0.2, 0.25) is 0 Å². The van der Waals surface area contributed by atoms with Gasteiger partial charge in [-0.2, -0.15) is 0 Å². The van der Waals surface area contributed by atoms with Gasteiger partial charge in [0.05, 0.1) is 11.0 Å². The third kappa shape index (κ3) is 4.00. The van der Waals surface area contributed by atoms with E-state index in [1.165, 1.54) is 43.4 Å². The molecule has 3 nitrogen and oxygen atoms in total. The van der Waals surface area contributed by atoms with Gasteiger partial charge in [-0.25, -0.2) is 0 Å². The molecule has 2 aromatic heterocycles. The molecule has 2 heterocycles. The maximum absolute atomic E-state index is 6.23. The van der Waals surface area contributed by atoms with Crippen LogP contribution < -0.4 is 4.90 Å². The fourth-order valence-corrected chi connectivity index (χ4v) is 7.38. The van der Waals surface area contributed by atoms with Crippen molar-refractivity contribution in [3.63, 3.8) is 0 Å². The summed E-state index contributed by atoms with van der Waals surface area (Å²) in [4.78, 5) is 2.39. The number of hydrogen-bond donors (Lipinski definition) is 0. The largest absolute Gasteiger partial charge is 0.456 e. The van der Waals surface area contributed by atoms with Crippen LogP contribution in [-0.2, 0) is 0 Å². The zero-order valence-corrected chi connectivity index (χ0v) is 25.5. The molecule has 0 aliphatic heterocycles. The van der Waals surface area contributed by atoms with E-state index in [-0.39, 0.29) is 0 Å². The molecule has 0 unspecified atom stereocenters. The van der Waals surface area contributed by atoms with Crippen molar-refractivity contribution in [3.05, 3.63) is 170 Å². The molecule has 0 atom stereocenters. The molecule has 0 N–H and O–H groups in total. The molecule has 47 heavy (non-hydrogen) atoms. The third-order valence-electron chi connectivity index (χ3n) is 9.54. The minimum absolute atomic E-state index is 0.890. The lowest BCUT2D eigenvalue weighted by Crippen LogP contribution is -2.10. The highest BCUT2D eigenvalue weighted by molar-refractivity contribution is 6.12. The fourth-order valence-electron chi connectivity index (χ4n) is 7.38. The van der Waals surface area contributed by atoms with Crippen molar-refractivity contribution in [2.24, 2.45) is 0 Å². The van der Waals surface area contributed by atoms with E-state index in [2.05, 4.69) is 167 Å². The lowest BCUT2D eigenvalue weighted by molar-refractivity contribution is 0.669. The second kappa shape index (κ2) is 10.1. The van der Waals surface area contributed by atoms with Gasteiger partial charge in [-0.05, 0) is 94.3 Å². The summed E-state index contributed by atoms with van der Waals surface area (Å²) in [7, 11) is 0. The molecule has 10 rings (SSSR count). The molecule has 0 fully saturated rings. The highest BCUT2D eigenvalue weighted by Gasteiger charge is 2.19. The Bertz CT molecular complexity index is 2810. The minimum Gasteiger partial charge on any atom is -0.456 e. The van der Waals surface area contributed by atoms with Crippen molar-refractivity contribution < 1.29 is 4.42 Å². The molecule has 0 radical (unpaired) electrons. The molecule has 220 valence electrons. The number of nitrogens with zero attached hydrogens (tertiary/aromatic N) is 2. The number of anilines is 3. The Morgan fingerprint density at radius 1 is 0.362 bits per heavy atom. The summed E-state index contributed by atoms with van der Waals surface area (Å²) in [5.74, 6) is 0. The summed E-state index contributed by atoms with van der Waals surface area (Å²) in [6.45, 7) is 0. The van der Waals surface area contributed by atoms with Gasteiger partial charge < -0.3 is 13.9 Å². The van der Waals surface area contributed by atoms with Gasteiger partial charge in [0.1, 0.15) is 11.2 Å². The normalized spacial score (nSPS) is 11.8. The van der Waals surface area contributed by atoms with Crippen molar-refractivity contribution >= 4 is 82.4 Å². The number of aromatic nitrogens is 1. The van der Waals surface area contributed by atoms with E-state index in [4.69, 9.17) is 4.42 Å². The van der Waals surface area contributed by atoms with Crippen molar-refractivity contribution in [1.29, 1.82) is 0 Å². The first-order chi connectivity index (χ1) is 23.3. The fraction of sp³-hybridized carbons (Fsp3) is 0. The number of rotatable bonds is 4. The van der Waals surface area contributed by atoms with Crippen LogP contribution in [0.15, 0.2) is 174 Å². The lowest BCUT2D eigenvalue weighted by atomic mass is 10.0. The highest BCUT2D eigenvalue weighted by atomic mass is 16.3. The van der Waals surface area contributed by atoms with Crippen molar-refractivity contribution in [2.75, 3.05) is 4.90 Å². The Hall–Kier alpha value is -6.32. The molecule has 0 aliphatic rings. The standard InChI is InChI=1S/C44H28N2O/c1-2-11-31(12-3-1)46-41-16-8-6-14-36(41)39-27-33(22-24-42(39)46)45(34-23-25-44-40(28-34)37-15-7-9-17-43(37)47-44)32-21-20-30-19-18-29-10-4-5-13-35(29)38(30)26-32/h1-28H. The SMILES string of the molecule is c1ccc(-n2c3ccccc3c3cc(N(c4ccc5ccc6ccccc6c5c4)c4ccc5oc6ccccc6c5c4)ccc32)cc1. The van der Waals surface area contributed by atoms with E-state index in [9.17, 15) is 0 Å². The van der Waals surface area contributed by atoms with Gasteiger partial charge >= 0.3 is 0 Å². The van der Waals surface area contributed by atoms with Crippen LogP contribution >= 0.6 is 0 Å². The first-order valence-corrected chi connectivity index (χ1v) is 16.0. The molecular weight excluding hydrogens is 572 g/mol. The molecule has 0 saturated carbocycles. The predicted octanol–water partition coefficient (Wildman–Crippen LogP) is 12.5. The van der Waals surface area contributed by atoms with Crippen LogP contribution in [0.2, 0.25) is 0 Å². The number of furan rings is 1. The zero-order valence-electron chi connectivity index (χ0n) is 25.5. The van der Waals surface area contributed by atoms with E-state index >= 15 is 0 Å². The third-order valence-corrected chi connectivity index (χ3v) is 9.54. The second-order valence-corrected chi connectivity index (χ2v) is 12.2. The number of para-hydroxylation sites is 3. The average Bonchev–Trinajstić information content (AvgIpc) is 3.67. The van der Waals surface area contributed by atoms with E-state index in [0.717, 1.165) is 44.7 Å². The number of hydrogen-bond acceptors (Lipinski definition) is 2. The maximum Gasteiger partial charge on any atom is 0.135 e. The summed E-state index contributed by atoms with van der Waals surface area (Å²) < 4.78 is 8.60. The van der Waals surface area contributed by atoms with Crippen LogP contribution in [0.25, 0.3) is 71.0 Å². The molecule has 10 aromatic rings. The Labute approximate surface area is 271 Å². The molecule has 8 aromatic carbocycles. The molecule has 3 heteroatoms. The van der Waals surface area contributed by atoms with Gasteiger partial charge in [0.15, 0.2) is 0 Å². The topological polar surface area (TPSA) is 21.3 Å².